The standard InChI is InChI=1S/C10H13O2.K/c1-8(2)10(11)12-9-6-4-3-5-7-9;/h3-8,10H,1-2H3;/q-1;+1. The molecule has 0 heterocycles. The summed E-state index contributed by atoms with van der Waals surface area (Å²) >= 11 is 0. The van der Waals surface area contributed by atoms with Gasteiger partial charge >= 0.3 is 51.4 Å². The third kappa shape index (κ3) is 5.15. The monoisotopic (exact) mass is 204 g/mol. The molecule has 0 N–H and O–H groups in total. The normalized spacial score (nSPS) is 12.0. The van der Waals surface area contributed by atoms with Crippen LogP contribution in [0.3, 0.4) is 0 Å². The van der Waals surface area contributed by atoms with Gasteiger partial charge in [-0.1, -0.05) is 32.0 Å². The van der Waals surface area contributed by atoms with Crippen LogP contribution in [0.4, 0.5) is 0 Å². The molecule has 0 radical (unpaired) electrons. The Morgan fingerprint density at radius 1 is 1.15 bits per heavy atom. The van der Waals surface area contributed by atoms with Gasteiger partial charge in [-0.05, 0) is 18.1 Å². The van der Waals surface area contributed by atoms with Gasteiger partial charge in [0.25, 0.3) is 0 Å². The number of hydrogen-bond acceptors (Lipinski definition) is 2. The molecule has 0 spiro atoms. The van der Waals surface area contributed by atoms with Crippen LogP contribution >= 0.6 is 0 Å². The van der Waals surface area contributed by atoms with Crippen molar-refractivity contribution < 1.29 is 61.2 Å². The summed E-state index contributed by atoms with van der Waals surface area (Å²) in [6.07, 6.45) is -0.965. The van der Waals surface area contributed by atoms with E-state index in [-0.39, 0.29) is 57.3 Å². The topological polar surface area (TPSA) is 32.3 Å². The molecule has 1 aromatic carbocycles. The van der Waals surface area contributed by atoms with Crippen molar-refractivity contribution in [1.29, 1.82) is 0 Å². The summed E-state index contributed by atoms with van der Waals surface area (Å²) in [5.41, 5.74) is 0. The van der Waals surface area contributed by atoms with Crippen LogP contribution in [0, 0.1) is 5.92 Å². The Morgan fingerprint density at radius 3 is 2.15 bits per heavy atom. The third-order valence-corrected chi connectivity index (χ3v) is 1.54. The third-order valence-electron chi connectivity index (χ3n) is 1.54. The smallest absolute Gasteiger partial charge is 0.821 e. The van der Waals surface area contributed by atoms with Crippen LogP contribution in [0.15, 0.2) is 30.3 Å². The van der Waals surface area contributed by atoms with Gasteiger partial charge in [0.1, 0.15) is 5.75 Å². The summed E-state index contributed by atoms with van der Waals surface area (Å²) < 4.78 is 5.12. The maximum Gasteiger partial charge on any atom is 1.00 e. The second-order valence-corrected chi connectivity index (χ2v) is 3.04. The van der Waals surface area contributed by atoms with E-state index in [9.17, 15) is 5.11 Å². The molecule has 0 saturated carbocycles. The maximum atomic E-state index is 11.2. The average molecular weight is 204 g/mol. The first-order valence-electron chi connectivity index (χ1n) is 4.07. The van der Waals surface area contributed by atoms with Gasteiger partial charge in [0.15, 0.2) is 0 Å². The van der Waals surface area contributed by atoms with E-state index in [0.717, 1.165) is 0 Å². The van der Waals surface area contributed by atoms with Crippen LogP contribution in [0.1, 0.15) is 13.8 Å². The fraction of sp³-hybridized carbons (Fsp3) is 0.400. The summed E-state index contributed by atoms with van der Waals surface area (Å²) in [4.78, 5) is 0. The molecule has 66 valence electrons. The van der Waals surface area contributed by atoms with Gasteiger partial charge in [-0.3, -0.25) is 0 Å². The quantitative estimate of drug-likeness (QED) is 0.439. The Kier molecular flexibility index (Phi) is 7.31. The molecule has 0 aliphatic carbocycles. The minimum Gasteiger partial charge on any atom is -0.821 e. The molecule has 1 atom stereocenters. The molecular weight excluding hydrogens is 191 g/mol. The van der Waals surface area contributed by atoms with E-state index in [0.29, 0.717) is 5.75 Å². The number of benzene rings is 1. The van der Waals surface area contributed by atoms with Gasteiger partial charge in [-0.25, -0.2) is 0 Å². The van der Waals surface area contributed by atoms with Gasteiger partial charge in [0.2, 0.25) is 0 Å². The van der Waals surface area contributed by atoms with E-state index in [1.807, 2.05) is 32.0 Å². The number of ether oxygens (including phenoxy) is 1. The molecule has 1 rings (SSSR count). The number of hydrogen-bond donors (Lipinski definition) is 0. The van der Waals surface area contributed by atoms with Crippen molar-refractivity contribution in [3.63, 3.8) is 0 Å². The Balaban J connectivity index is 0.00000144. The van der Waals surface area contributed by atoms with Crippen LogP contribution < -0.4 is 61.2 Å². The molecule has 0 fully saturated rings. The van der Waals surface area contributed by atoms with Crippen LogP contribution in [-0.2, 0) is 0 Å². The first-order valence-corrected chi connectivity index (χ1v) is 4.07. The molecule has 0 saturated heterocycles. The maximum absolute atomic E-state index is 11.2. The first kappa shape index (κ1) is 13.6. The van der Waals surface area contributed by atoms with E-state index < -0.39 is 6.29 Å². The van der Waals surface area contributed by atoms with E-state index in [4.69, 9.17) is 4.74 Å². The fourth-order valence-electron chi connectivity index (χ4n) is 0.769. The molecule has 1 aromatic rings. The zero-order valence-electron chi connectivity index (χ0n) is 8.36. The zero-order chi connectivity index (χ0) is 8.97. The minimum atomic E-state index is -0.965. The van der Waals surface area contributed by atoms with Crippen molar-refractivity contribution in [3.05, 3.63) is 30.3 Å². The number of rotatable bonds is 3. The van der Waals surface area contributed by atoms with Crippen molar-refractivity contribution in [2.45, 2.75) is 20.1 Å². The average Bonchev–Trinajstić information content (AvgIpc) is 2.06. The Hall–Kier alpha value is 0.616. The van der Waals surface area contributed by atoms with E-state index >= 15 is 0 Å². The van der Waals surface area contributed by atoms with Gasteiger partial charge < -0.3 is 9.84 Å². The fourth-order valence-corrected chi connectivity index (χ4v) is 0.769. The van der Waals surface area contributed by atoms with Gasteiger partial charge in [0, 0.05) is 6.29 Å². The second-order valence-electron chi connectivity index (χ2n) is 3.04. The van der Waals surface area contributed by atoms with Gasteiger partial charge in [-0.2, -0.15) is 0 Å². The SMILES string of the molecule is CC(C)C([O-])Oc1ccccc1.[K+]. The van der Waals surface area contributed by atoms with Crippen molar-refractivity contribution in [1.82, 2.24) is 0 Å². The molecule has 0 bridgehead atoms. The van der Waals surface area contributed by atoms with E-state index in [1.54, 1.807) is 12.1 Å². The largest absolute Gasteiger partial charge is 1.00 e. The summed E-state index contributed by atoms with van der Waals surface area (Å²) in [5, 5.41) is 11.2. The summed E-state index contributed by atoms with van der Waals surface area (Å²) in [6.45, 7) is 3.70. The van der Waals surface area contributed by atoms with Crippen molar-refractivity contribution in [3.8, 4) is 5.75 Å². The molecule has 0 aromatic heterocycles. The zero-order valence-corrected chi connectivity index (χ0v) is 11.5. The molecule has 2 nitrogen and oxygen atoms in total. The summed E-state index contributed by atoms with van der Waals surface area (Å²) in [6, 6.07) is 9.16. The molecule has 0 aliphatic heterocycles. The predicted octanol–water partition coefficient (Wildman–Crippen LogP) is -1.59. The van der Waals surface area contributed by atoms with Gasteiger partial charge in [-0.15, -0.1) is 0 Å². The molecule has 1 unspecified atom stereocenters. The predicted molar refractivity (Wildman–Crippen MR) is 45.7 cm³/mol. The van der Waals surface area contributed by atoms with Crippen molar-refractivity contribution in [2.75, 3.05) is 0 Å². The van der Waals surface area contributed by atoms with Crippen LogP contribution in [-0.4, -0.2) is 6.29 Å². The van der Waals surface area contributed by atoms with Crippen LogP contribution in [0.2, 0.25) is 0 Å². The van der Waals surface area contributed by atoms with Crippen molar-refractivity contribution in [2.24, 2.45) is 5.92 Å². The minimum absolute atomic E-state index is 0. The molecular formula is C10H13KO2. The van der Waals surface area contributed by atoms with Crippen molar-refractivity contribution >= 4 is 0 Å². The Bertz CT molecular complexity index is 224. The summed E-state index contributed by atoms with van der Waals surface area (Å²) in [5.74, 6) is 0.649. The molecule has 13 heavy (non-hydrogen) atoms. The van der Waals surface area contributed by atoms with Gasteiger partial charge in [0.05, 0.1) is 0 Å². The molecule has 3 heteroatoms. The van der Waals surface area contributed by atoms with Crippen LogP contribution in [0.25, 0.3) is 0 Å². The van der Waals surface area contributed by atoms with E-state index in [1.165, 1.54) is 0 Å². The Morgan fingerprint density at radius 2 is 1.69 bits per heavy atom. The summed E-state index contributed by atoms with van der Waals surface area (Å²) in [7, 11) is 0. The Labute approximate surface area is 122 Å². The molecule has 0 aliphatic rings. The molecule has 0 amide bonds. The first-order chi connectivity index (χ1) is 5.70. The number of para-hydroxylation sites is 1. The van der Waals surface area contributed by atoms with E-state index in [2.05, 4.69) is 0 Å². The second kappa shape index (κ2) is 6.98. The van der Waals surface area contributed by atoms with Crippen LogP contribution in [0.5, 0.6) is 5.75 Å².